The molecule has 0 amide bonds. The fourth-order valence-corrected chi connectivity index (χ4v) is 1.22. The van der Waals surface area contributed by atoms with Crippen molar-refractivity contribution in [1.82, 2.24) is 4.98 Å². The van der Waals surface area contributed by atoms with E-state index >= 15 is 0 Å². The van der Waals surface area contributed by atoms with E-state index in [1.165, 1.54) is 4.88 Å². The molecule has 1 aromatic rings. The quantitative estimate of drug-likeness (QED) is 0.621. The Bertz CT molecular complexity index is 162. The predicted molar refractivity (Wildman–Crippen MR) is 41.7 cm³/mol. The van der Waals surface area contributed by atoms with Crippen molar-refractivity contribution in [2.45, 2.75) is 13.3 Å². The summed E-state index contributed by atoms with van der Waals surface area (Å²) in [6.07, 6.45) is 2.85. The van der Waals surface area contributed by atoms with E-state index in [4.69, 9.17) is 4.74 Å². The van der Waals surface area contributed by atoms with Crippen LogP contribution in [-0.4, -0.2) is 11.6 Å². The minimum atomic E-state index is 0.763. The van der Waals surface area contributed by atoms with E-state index in [-0.39, 0.29) is 0 Å². The molecule has 10 heavy (non-hydrogen) atoms. The predicted octanol–water partition coefficient (Wildman–Crippen LogP) is 1.88. The molecule has 1 aromatic heterocycles. The van der Waals surface area contributed by atoms with Crippen LogP contribution in [0.4, 0.5) is 0 Å². The summed E-state index contributed by atoms with van der Waals surface area (Å²) in [5.74, 6) is 0. The Kier molecular flexibility index (Phi) is 3.40. The summed E-state index contributed by atoms with van der Waals surface area (Å²) in [6, 6.07) is 0. The van der Waals surface area contributed by atoms with Crippen LogP contribution in [-0.2, 0) is 11.2 Å². The molecule has 0 spiro atoms. The monoisotopic (exact) mass is 156 g/mol. The van der Waals surface area contributed by atoms with Gasteiger partial charge in [-0.1, -0.05) is 0 Å². The fourth-order valence-electron chi connectivity index (χ4n) is 0.643. The second kappa shape index (κ2) is 4.41. The van der Waals surface area contributed by atoms with Crippen molar-refractivity contribution in [1.29, 1.82) is 0 Å². The third kappa shape index (κ3) is 2.45. The average molecular weight is 156 g/mol. The standard InChI is InChI=1S/C7H10NOS/c1-2-9-4-3-7-5-8-6-10-7/h2,5-6H,3-4H2,1H3. The molecule has 3 heteroatoms. The minimum Gasteiger partial charge on any atom is -0.375 e. The first-order chi connectivity index (χ1) is 4.93. The zero-order chi connectivity index (χ0) is 7.23. The Morgan fingerprint density at radius 1 is 1.80 bits per heavy atom. The topological polar surface area (TPSA) is 22.1 Å². The smallest absolute Gasteiger partial charge is 0.0806 e. The third-order valence-electron chi connectivity index (χ3n) is 1.12. The molecule has 55 valence electrons. The largest absolute Gasteiger partial charge is 0.375 e. The number of aromatic nitrogens is 1. The molecule has 0 aromatic carbocycles. The lowest BCUT2D eigenvalue weighted by Crippen LogP contribution is -1.92. The second-order valence-electron chi connectivity index (χ2n) is 1.82. The molecule has 1 heterocycles. The van der Waals surface area contributed by atoms with Crippen molar-refractivity contribution >= 4 is 11.3 Å². The normalized spacial score (nSPS) is 10.1. The number of rotatable bonds is 4. The number of nitrogens with zero attached hydrogens (tertiary/aromatic N) is 1. The summed E-state index contributed by atoms with van der Waals surface area (Å²) in [5.41, 5.74) is 1.84. The number of ether oxygens (including phenoxy) is 1. The third-order valence-corrected chi connectivity index (χ3v) is 1.96. The molecular formula is C7H10NOS. The molecule has 2 nitrogen and oxygen atoms in total. The summed E-state index contributed by atoms with van der Waals surface area (Å²) in [4.78, 5) is 5.23. The molecule has 0 N–H and O–H groups in total. The van der Waals surface area contributed by atoms with Crippen molar-refractivity contribution < 1.29 is 4.74 Å². The minimum absolute atomic E-state index is 0.763. The maximum absolute atomic E-state index is 5.06. The average Bonchev–Trinajstić information content (AvgIpc) is 2.41. The summed E-state index contributed by atoms with van der Waals surface area (Å²) >= 11 is 1.67. The van der Waals surface area contributed by atoms with Crippen molar-refractivity contribution in [2.75, 3.05) is 6.61 Å². The molecule has 1 radical (unpaired) electrons. The van der Waals surface area contributed by atoms with Crippen LogP contribution in [0.3, 0.4) is 0 Å². The SMILES string of the molecule is C[CH]OCCc1cncs1. The fraction of sp³-hybridized carbons (Fsp3) is 0.429. The van der Waals surface area contributed by atoms with Crippen molar-refractivity contribution in [3.05, 3.63) is 23.2 Å². The van der Waals surface area contributed by atoms with Crippen LogP contribution < -0.4 is 0 Å². The highest BCUT2D eigenvalue weighted by molar-refractivity contribution is 7.09. The lowest BCUT2D eigenvalue weighted by Gasteiger charge is -1.95. The molecule has 0 aliphatic heterocycles. The highest BCUT2D eigenvalue weighted by Gasteiger charge is 1.92. The van der Waals surface area contributed by atoms with Gasteiger partial charge in [-0.2, -0.15) is 0 Å². The van der Waals surface area contributed by atoms with Gasteiger partial charge in [-0.15, -0.1) is 11.3 Å². The van der Waals surface area contributed by atoms with Crippen molar-refractivity contribution in [3.8, 4) is 0 Å². The zero-order valence-electron chi connectivity index (χ0n) is 5.91. The van der Waals surface area contributed by atoms with E-state index in [1.807, 2.05) is 18.6 Å². The van der Waals surface area contributed by atoms with Crippen LogP contribution in [0.25, 0.3) is 0 Å². The molecule has 0 unspecified atom stereocenters. The van der Waals surface area contributed by atoms with E-state index in [2.05, 4.69) is 4.98 Å². The highest BCUT2D eigenvalue weighted by atomic mass is 32.1. The highest BCUT2D eigenvalue weighted by Crippen LogP contribution is 2.05. The maximum Gasteiger partial charge on any atom is 0.0806 e. The Morgan fingerprint density at radius 3 is 3.30 bits per heavy atom. The maximum atomic E-state index is 5.06. The van der Waals surface area contributed by atoms with Gasteiger partial charge < -0.3 is 4.74 Å². The molecule has 1 rings (SSSR count). The van der Waals surface area contributed by atoms with Gasteiger partial charge in [0, 0.05) is 17.5 Å². The van der Waals surface area contributed by atoms with Gasteiger partial charge in [-0.05, 0) is 6.92 Å². The molecule has 0 bridgehead atoms. The molecule has 0 fully saturated rings. The Morgan fingerprint density at radius 2 is 2.70 bits per heavy atom. The molecule has 0 saturated heterocycles. The summed E-state index contributed by atoms with van der Waals surface area (Å²) in [6.45, 7) is 4.35. The number of hydrogen-bond donors (Lipinski definition) is 0. The molecule has 0 saturated carbocycles. The van der Waals surface area contributed by atoms with E-state index in [9.17, 15) is 0 Å². The zero-order valence-corrected chi connectivity index (χ0v) is 6.73. The first kappa shape index (κ1) is 7.69. The van der Waals surface area contributed by atoms with Gasteiger partial charge in [-0.3, -0.25) is 4.98 Å². The van der Waals surface area contributed by atoms with Gasteiger partial charge in [-0.25, -0.2) is 0 Å². The molecule has 0 atom stereocenters. The van der Waals surface area contributed by atoms with E-state index in [1.54, 1.807) is 17.9 Å². The van der Waals surface area contributed by atoms with Crippen LogP contribution in [0.15, 0.2) is 11.7 Å². The first-order valence-corrected chi connectivity index (χ1v) is 4.08. The molecular weight excluding hydrogens is 146 g/mol. The van der Waals surface area contributed by atoms with Crippen LogP contribution in [0.2, 0.25) is 0 Å². The lowest BCUT2D eigenvalue weighted by atomic mass is 10.4. The van der Waals surface area contributed by atoms with E-state index in [0.717, 1.165) is 13.0 Å². The van der Waals surface area contributed by atoms with Gasteiger partial charge in [0.05, 0.1) is 18.7 Å². The van der Waals surface area contributed by atoms with E-state index in [0.29, 0.717) is 0 Å². The van der Waals surface area contributed by atoms with Crippen LogP contribution in [0, 0.1) is 6.61 Å². The Balaban J connectivity index is 2.15. The second-order valence-corrected chi connectivity index (χ2v) is 2.80. The number of thiazole rings is 1. The Labute approximate surface area is 64.9 Å². The molecule has 0 aliphatic rings. The van der Waals surface area contributed by atoms with Crippen LogP contribution >= 0.6 is 11.3 Å². The van der Waals surface area contributed by atoms with Gasteiger partial charge >= 0.3 is 0 Å². The summed E-state index contributed by atoms with van der Waals surface area (Å²) in [7, 11) is 0. The summed E-state index contributed by atoms with van der Waals surface area (Å²) in [5, 5.41) is 0. The van der Waals surface area contributed by atoms with Gasteiger partial charge in [0.15, 0.2) is 0 Å². The Hall–Kier alpha value is -0.410. The molecule has 0 aliphatic carbocycles. The van der Waals surface area contributed by atoms with Crippen molar-refractivity contribution in [3.63, 3.8) is 0 Å². The van der Waals surface area contributed by atoms with Crippen LogP contribution in [0.1, 0.15) is 11.8 Å². The lowest BCUT2D eigenvalue weighted by molar-refractivity contribution is 0.208. The number of hydrogen-bond acceptors (Lipinski definition) is 3. The van der Waals surface area contributed by atoms with Crippen LogP contribution in [0.5, 0.6) is 0 Å². The van der Waals surface area contributed by atoms with Gasteiger partial charge in [0.1, 0.15) is 0 Å². The first-order valence-electron chi connectivity index (χ1n) is 3.20. The van der Waals surface area contributed by atoms with Gasteiger partial charge in [0.25, 0.3) is 0 Å². The summed E-state index contributed by atoms with van der Waals surface area (Å²) < 4.78 is 5.06. The van der Waals surface area contributed by atoms with Gasteiger partial charge in [0.2, 0.25) is 0 Å². The van der Waals surface area contributed by atoms with Crippen molar-refractivity contribution in [2.24, 2.45) is 0 Å². The van der Waals surface area contributed by atoms with E-state index < -0.39 is 0 Å².